The molecule has 0 radical (unpaired) electrons. The monoisotopic (exact) mass is 245 g/mol. The molecule has 17 heavy (non-hydrogen) atoms. The number of carboxylic acids is 1. The summed E-state index contributed by atoms with van der Waals surface area (Å²) in [6.07, 6.45) is 11.4. The predicted octanol–water partition coefficient (Wildman–Crippen LogP) is 2.32. The van der Waals surface area contributed by atoms with Gasteiger partial charge in [0.2, 0.25) is 0 Å². The zero-order chi connectivity index (χ0) is 13.4. The number of rotatable bonds is 9. The van der Waals surface area contributed by atoms with E-state index in [4.69, 9.17) is 15.9 Å². The minimum absolute atomic E-state index is 0.0972. The van der Waals surface area contributed by atoms with Crippen LogP contribution >= 0.6 is 0 Å². The zero-order valence-electron chi connectivity index (χ0n) is 10.9. The number of nitrogens with two attached hydrogens (primary N) is 1. The van der Waals surface area contributed by atoms with Crippen LogP contribution in [0.3, 0.4) is 0 Å². The molecular formula is C13H27NO3. The number of carboxylic acid groups (broad SMARTS) is 1. The van der Waals surface area contributed by atoms with Crippen LogP contribution in [0.1, 0.15) is 51.9 Å². The summed E-state index contributed by atoms with van der Waals surface area (Å²) in [6, 6.07) is 0. The lowest BCUT2D eigenvalue weighted by molar-refractivity contribution is -0.131. The van der Waals surface area contributed by atoms with Crippen molar-refractivity contribution in [2.45, 2.75) is 51.9 Å². The molecule has 4 N–H and O–H groups in total. The van der Waals surface area contributed by atoms with E-state index in [9.17, 15) is 4.79 Å². The maximum Gasteiger partial charge on any atom is 0.327 e. The summed E-state index contributed by atoms with van der Waals surface area (Å²) in [6.45, 7) is 2.68. The van der Waals surface area contributed by atoms with Gasteiger partial charge >= 0.3 is 5.97 Å². The quantitative estimate of drug-likeness (QED) is 0.430. The molecule has 0 saturated carbocycles. The minimum atomic E-state index is -0.842. The summed E-state index contributed by atoms with van der Waals surface area (Å²) in [7, 11) is 0. The molecule has 0 aromatic rings. The zero-order valence-corrected chi connectivity index (χ0v) is 10.9. The molecule has 102 valence electrons. The topological polar surface area (TPSA) is 83.5 Å². The average Bonchev–Trinajstić information content (AvgIpc) is 2.32. The van der Waals surface area contributed by atoms with E-state index < -0.39 is 5.97 Å². The molecule has 0 aromatic carbocycles. The van der Waals surface area contributed by atoms with Crippen molar-refractivity contribution in [3.05, 3.63) is 12.2 Å². The number of hydrogen-bond acceptors (Lipinski definition) is 3. The molecule has 4 nitrogen and oxygen atoms in total. The van der Waals surface area contributed by atoms with Crippen LogP contribution in [0.15, 0.2) is 12.2 Å². The Hall–Kier alpha value is -0.870. The highest BCUT2D eigenvalue weighted by Gasteiger charge is 1.89. The Morgan fingerprint density at radius 3 is 2.18 bits per heavy atom. The van der Waals surface area contributed by atoms with Crippen molar-refractivity contribution in [1.82, 2.24) is 0 Å². The smallest absolute Gasteiger partial charge is 0.327 e. The van der Waals surface area contributed by atoms with Crippen LogP contribution in [0.2, 0.25) is 0 Å². The summed E-state index contributed by atoms with van der Waals surface area (Å²) in [5.74, 6) is -0.842. The van der Waals surface area contributed by atoms with Crippen LogP contribution in [0.25, 0.3) is 0 Å². The molecule has 4 heteroatoms. The summed E-state index contributed by atoms with van der Waals surface area (Å²) < 4.78 is 0. The molecule has 0 bridgehead atoms. The standard InChI is InChI=1S/C11H20O2.C2H7NO/c1-2-3-4-5-6-7-8-9-10-11(12)13;3-1-2-4/h9-10H,2-8H2,1H3,(H,12,13);4H,1-3H2. The molecule has 0 heterocycles. The van der Waals surface area contributed by atoms with E-state index >= 15 is 0 Å². The van der Waals surface area contributed by atoms with E-state index in [1.165, 1.54) is 38.2 Å². The molecule has 0 unspecified atom stereocenters. The Labute approximate surface area is 105 Å². The highest BCUT2D eigenvalue weighted by molar-refractivity contribution is 5.79. The second-order valence-electron chi connectivity index (χ2n) is 3.81. The van der Waals surface area contributed by atoms with Gasteiger partial charge in [0.25, 0.3) is 0 Å². The molecule has 0 aliphatic rings. The van der Waals surface area contributed by atoms with Crippen molar-refractivity contribution in [1.29, 1.82) is 0 Å². The highest BCUT2D eigenvalue weighted by Crippen LogP contribution is 2.06. The first-order chi connectivity index (χ1) is 8.18. The fraction of sp³-hybridized carbons (Fsp3) is 0.769. The molecular weight excluding hydrogens is 218 g/mol. The van der Waals surface area contributed by atoms with Gasteiger partial charge in [-0.3, -0.25) is 0 Å². The number of aliphatic hydroxyl groups excluding tert-OH is 1. The minimum Gasteiger partial charge on any atom is -0.478 e. The summed E-state index contributed by atoms with van der Waals surface area (Å²) in [5.41, 5.74) is 4.78. The largest absolute Gasteiger partial charge is 0.478 e. The normalized spacial score (nSPS) is 10.1. The summed E-state index contributed by atoms with van der Waals surface area (Å²) in [5, 5.41) is 16.0. The first kappa shape index (κ1) is 18.5. The molecule has 0 aromatic heterocycles. The van der Waals surface area contributed by atoms with Crippen molar-refractivity contribution in [3.63, 3.8) is 0 Å². The van der Waals surface area contributed by atoms with E-state index in [1.54, 1.807) is 6.08 Å². The average molecular weight is 245 g/mol. The van der Waals surface area contributed by atoms with Gasteiger partial charge in [0.15, 0.2) is 0 Å². The lowest BCUT2D eigenvalue weighted by atomic mass is 10.1. The molecule has 0 rings (SSSR count). The third kappa shape index (κ3) is 25.4. The number of aliphatic hydroxyl groups is 1. The van der Waals surface area contributed by atoms with Gasteiger partial charge in [-0.2, -0.15) is 0 Å². The van der Waals surface area contributed by atoms with Gasteiger partial charge in [-0.25, -0.2) is 4.79 Å². The van der Waals surface area contributed by atoms with Crippen molar-refractivity contribution in [3.8, 4) is 0 Å². The van der Waals surface area contributed by atoms with Gasteiger partial charge in [0, 0.05) is 12.6 Å². The fourth-order valence-electron chi connectivity index (χ4n) is 1.23. The Bertz CT molecular complexity index is 180. The Morgan fingerprint density at radius 1 is 1.18 bits per heavy atom. The molecule has 0 aliphatic heterocycles. The first-order valence-corrected chi connectivity index (χ1v) is 6.39. The van der Waals surface area contributed by atoms with Crippen LogP contribution in [0.5, 0.6) is 0 Å². The van der Waals surface area contributed by atoms with E-state index in [1.807, 2.05) is 0 Å². The van der Waals surface area contributed by atoms with Crippen molar-refractivity contribution >= 4 is 5.97 Å². The fourth-order valence-corrected chi connectivity index (χ4v) is 1.23. The van der Waals surface area contributed by atoms with Gasteiger partial charge in [0.1, 0.15) is 0 Å². The third-order valence-electron chi connectivity index (χ3n) is 2.11. The molecule has 0 amide bonds. The van der Waals surface area contributed by atoms with E-state index in [-0.39, 0.29) is 6.61 Å². The summed E-state index contributed by atoms with van der Waals surface area (Å²) >= 11 is 0. The van der Waals surface area contributed by atoms with Gasteiger partial charge < -0.3 is 15.9 Å². The van der Waals surface area contributed by atoms with Crippen molar-refractivity contribution in [2.75, 3.05) is 13.2 Å². The molecule has 0 aliphatic carbocycles. The van der Waals surface area contributed by atoms with Crippen molar-refractivity contribution < 1.29 is 15.0 Å². The van der Waals surface area contributed by atoms with Gasteiger partial charge in [-0.1, -0.05) is 45.1 Å². The van der Waals surface area contributed by atoms with Gasteiger partial charge in [0.05, 0.1) is 6.61 Å². The highest BCUT2D eigenvalue weighted by atomic mass is 16.4. The molecule has 0 spiro atoms. The van der Waals surface area contributed by atoms with Crippen molar-refractivity contribution in [2.24, 2.45) is 5.73 Å². The van der Waals surface area contributed by atoms with E-state index in [0.717, 1.165) is 12.8 Å². The number of unbranched alkanes of at least 4 members (excludes halogenated alkanes) is 6. The van der Waals surface area contributed by atoms with Gasteiger partial charge in [-0.15, -0.1) is 0 Å². The molecule has 0 fully saturated rings. The number of hydrogen-bond donors (Lipinski definition) is 3. The maximum atomic E-state index is 10.1. The lowest BCUT2D eigenvalue weighted by Gasteiger charge is -1.96. The van der Waals surface area contributed by atoms with E-state index in [0.29, 0.717) is 6.54 Å². The molecule has 0 atom stereocenters. The second kappa shape index (κ2) is 17.5. The van der Waals surface area contributed by atoms with Crippen LogP contribution in [0.4, 0.5) is 0 Å². The number of carbonyl (C=O) groups is 1. The Kier molecular flexibility index (Phi) is 19.1. The number of aliphatic carboxylic acids is 1. The lowest BCUT2D eigenvalue weighted by Crippen LogP contribution is -2.02. The Morgan fingerprint density at radius 2 is 1.71 bits per heavy atom. The second-order valence-corrected chi connectivity index (χ2v) is 3.81. The van der Waals surface area contributed by atoms with Crippen LogP contribution < -0.4 is 5.73 Å². The van der Waals surface area contributed by atoms with Crippen LogP contribution in [-0.4, -0.2) is 29.3 Å². The number of allylic oxidation sites excluding steroid dienone is 1. The van der Waals surface area contributed by atoms with Crippen LogP contribution in [-0.2, 0) is 4.79 Å². The SMILES string of the molecule is CCCCCCCCC=CC(=O)O.NCCO. The molecule has 0 saturated heterocycles. The predicted molar refractivity (Wildman–Crippen MR) is 70.9 cm³/mol. The van der Waals surface area contributed by atoms with Gasteiger partial charge in [-0.05, 0) is 12.8 Å². The van der Waals surface area contributed by atoms with E-state index in [2.05, 4.69) is 6.92 Å². The summed E-state index contributed by atoms with van der Waals surface area (Å²) in [4.78, 5) is 10.1. The van der Waals surface area contributed by atoms with Crippen LogP contribution in [0, 0.1) is 0 Å². The Balaban J connectivity index is 0. The first-order valence-electron chi connectivity index (χ1n) is 6.39. The third-order valence-corrected chi connectivity index (χ3v) is 2.11. The maximum absolute atomic E-state index is 10.1.